The lowest BCUT2D eigenvalue weighted by atomic mass is 10.1. The van der Waals surface area contributed by atoms with E-state index in [1.807, 2.05) is 30.3 Å². The molecule has 1 atom stereocenters. The number of hydrogen-bond acceptors (Lipinski definition) is 3. The standard InChI is InChI=1S/C18H23N3O2/c1-12(2)8-9-17(22)20-13(3)18(23)21-15-10-14-6-4-5-7-16(14)19-11-15/h4-7,10-13H,8-9H2,1-3H3,(H,20,22)(H,21,23)/t13-/m0/s1. The first-order valence-electron chi connectivity index (χ1n) is 7.90. The fourth-order valence-electron chi connectivity index (χ4n) is 2.19. The van der Waals surface area contributed by atoms with Gasteiger partial charge in [-0.05, 0) is 31.4 Å². The van der Waals surface area contributed by atoms with Crippen molar-refractivity contribution in [3.05, 3.63) is 36.5 Å². The van der Waals surface area contributed by atoms with Crippen LogP contribution in [-0.4, -0.2) is 22.8 Å². The number of carbonyl (C=O) groups excluding carboxylic acids is 2. The molecular weight excluding hydrogens is 290 g/mol. The molecule has 0 fully saturated rings. The molecule has 2 N–H and O–H groups in total. The number of para-hydroxylation sites is 1. The summed E-state index contributed by atoms with van der Waals surface area (Å²) in [5.74, 6) is 0.117. The molecule has 5 nitrogen and oxygen atoms in total. The highest BCUT2D eigenvalue weighted by atomic mass is 16.2. The van der Waals surface area contributed by atoms with Crippen molar-refractivity contribution in [2.24, 2.45) is 5.92 Å². The van der Waals surface area contributed by atoms with Crippen LogP contribution in [0.15, 0.2) is 36.5 Å². The molecule has 0 bridgehead atoms. The van der Waals surface area contributed by atoms with Gasteiger partial charge < -0.3 is 10.6 Å². The molecule has 0 aliphatic heterocycles. The van der Waals surface area contributed by atoms with Gasteiger partial charge in [-0.1, -0.05) is 32.0 Å². The third-order valence-electron chi connectivity index (χ3n) is 3.58. The summed E-state index contributed by atoms with van der Waals surface area (Å²) in [6.45, 7) is 5.81. The Morgan fingerprint density at radius 3 is 2.65 bits per heavy atom. The van der Waals surface area contributed by atoms with E-state index in [0.717, 1.165) is 17.3 Å². The fraction of sp³-hybridized carbons (Fsp3) is 0.389. The minimum atomic E-state index is -0.582. The molecule has 2 rings (SSSR count). The summed E-state index contributed by atoms with van der Waals surface area (Å²) in [5.41, 5.74) is 1.50. The van der Waals surface area contributed by atoms with E-state index in [-0.39, 0.29) is 11.8 Å². The zero-order chi connectivity index (χ0) is 16.8. The van der Waals surface area contributed by atoms with E-state index >= 15 is 0 Å². The normalized spacial score (nSPS) is 12.2. The summed E-state index contributed by atoms with van der Waals surface area (Å²) >= 11 is 0. The van der Waals surface area contributed by atoms with Crippen LogP contribution in [0.2, 0.25) is 0 Å². The predicted molar refractivity (Wildman–Crippen MR) is 92.0 cm³/mol. The highest BCUT2D eigenvalue weighted by molar-refractivity contribution is 5.98. The van der Waals surface area contributed by atoms with E-state index in [0.29, 0.717) is 18.0 Å². The maximum atomic E-state index is 12.2. The molecule has 0 saturated heterocycles. The Morgan fingerprint density at radius 2 is 1.91 bits per heavy atom. The number of aromatic nitrogens is 1. The van der Waals surface area contributed by atoms with Gasteiger partial charge in [0.25, 0.3) is 0 Å². The Kier molecular flexibility index (Phi) is 5.68. The molecule has 2 aromatic rings. The minimum Gasteiger partial charge on any atom is -0.345 e. The summed E-state index contributed by atoms with van der Waals surface area (Å²) in [7, 11) is 0. The molecule has 0 aliphatic rings. The molecule has 1 aromatic carbocycles. The third kappa shape index (κ3) is 5.06. The van der Waals surface area contributed by atoms with Crippen molar-refractivity contribution >= 4 is 28.4 Å². The average molecular weight is 313 g/mol. The molecule has 122 valence electrons. The van der Waals surface area contributed by atoms with Crippen LogP contribution < -0.4 is 10.6 Å². The molecule has 0 saturated carbocycles. The number of carbonyl (C=O) groups is 2. The molecule has 0 unspecified atom stereocenters. The van der Waals surface area contributed by atoms with Crippen molar-refractivity contribution in [3.8, 4) is 0 Å². The number of rotatable bonds is 6. The van der Waals surface area contributed by atoms with Gasteiger partial charge in [-0.3, -0.25) is 14.6 Å². The molecule has 0 spiro atoms. The van der Waals surface area contributed by atoms with Crippen LogP contribution in [0.5, 0.6) is 0 Å². The van der Waals surface area contributed by atoms with Crippen LogP contribution in [0, 0.1) is 5.92 Å². The summed E-state index contributed by atoms with van der Waals surface area (Å²) in [4.78, 5) is 28.3. The molecule has 1 aromatic heterocycles. The van der Waals surface area contributed by atoms with Crippen molar-refractivity contribution in [1.29, 1.82) is 0 Å². The molecule has 23 heavy (non-hydrogen) atoms. The van der Waals surface area contributed by atoms with Gasteiger partial charge in [-0.2, -0.15) is 0 Å². The zero-order valence-corrected chi connectivity index (χ0v) is 13.8. The first-order valence-corrected chi connectivity index (χ1v) is 7.90. The van der Waals surface area contributed by atoms with Gasteiger partial charge in [-0.25, -0.2) is 0 Å². The van der Waals surface area contributed by atoms with Crippen molar-refractivity contribution < 1.29 is 9.59 Å². The number of nitrogens with zero attached hydrogens (tertiary/aromatic N) is 1. The number of benzene rings is 1. The maximum Gasteiger partial charge on any atom is 0.246 e. The minimum absolute atomic E-state index is 0.0991. The lowest BCUT2D eigenvalue weighted by Crippen LogP contribution is -2.41. The van der Waals surface area contributed by atoms with Crippen LogP contribution in [0.1, 0.15) is 33.6 Å². The van der Waals surface area contributed by atoms with Crippen LogP contribution >= 0.6 is 0 Å². The summed E-state index contributed by atoms with van der Waals surface area (Å²) < 4.78 is 0. The lowest BCUT2D eigenvalue weighted by molar-refractivity contribution is -0.126. The number of pyridine rings is 1. The Morgan fingerprint density at radius 1 is 1.17 bits per heavy atom. The first-order chi connectivity index (χ1) is 11.0. The molecule has 0 aliphatic carbocycles. The highest BCUT2D eigenvalue weighted by Crippen LogP contribution is 2.16. The summed E-state index contributed by atoms with van der Waals surface area (Å²) in [6.07, 6.45) is 2.87. The Balaban J connectivity index is 1.93. The van der Waals surface area contributed by atoms with E-state index in [9.17, 15) is 9.59 Å². The Labute approximate surface area is 136 Å². The van der Waals surface area contributed by atoms with Crippen LogP contribution in [-0.2, 0) is 9.59 Å². The van der Waals surface area contributed by atoms with Crippen molar-refractivity contribution in [1.82, 2.24) is 10.3 Å². The van der Waals surface area contributed by atoms with Gasteiger partial charge in [0.1, 0.15) is 6.04 Å². The molecule has 1 heterocycles. The Bertz CT molecular complexity index is 697. The van der Waals surface area contributed by atoms with E-state index in [2.05, 4.69) is 29.5 Å². The average Bonchev–Trinajstić information content (AvgIpc) is 2.52. The second-order valence-corrected chi connectivity index (χ2v) is 6.13. The smallest absolute Gasteiger partial charge is 0.246 e. The van der Waals surface area contributed by atoms with Crippen LogP contribution in [0.3, 0.4) is 0 Å². The highest BCUT2D eigenvalue weighted by Gasteiger charge is 2.16. The van der Waals surface area contributed by atoms with E-state index in [4.69, 9.17) is 0 Å². The van der Waals surface area contributed by atoms with Gasteiger partial charge >= 0.3 is 0 Å². The van der Waals surface area contributed by atoms with E-state index in [1.54, 1.807) is 13.1 Å². The fourth-order valence-corrected chi connectivity index (χ4v) is 2.19. The quantitative estimate of drug-likeness (QED) is 0.861. The predicted octanol–water partition coefficient (Wildman–Crippen LogP) is 3.11. The number of hydrogen-bond donors (Lipinski definition) is 2. The second kappa shape index (κ2) is 7.72. The molecular formula is C18H23N3O2. The van der Waals surface area contributed by atoms with Crippen LogP contribution in [0.4, 0.5) is 5.69 Å². The number of nitrogens with one attached hydrogen (secondary N) is 2. The SMILES string of the molecule is CC(C)CCC(=O)N[C@@H](C)C(=O)Nc1cnc2ccccc2c1. The molecule has 5 heteroatoms. The first kappa shape index (κ1) is 16.9. The van der Waals surface area contributed by atoms with E-state index < -0.39 is 6.04 Å². The van der Waals surface area contributed by atoms with E-state index in [1.165, 1.54) is 0 Å². The van der Waals surface area contributed by atoms with Gasteiger partial charge in [0, 0.05) is 11.8 Å². The van der Waals surface area contributed by atoms with Crippen LogP contribution in [0.25, 0.3) is 10.9 Å². The monoisotopic (exact) mass is 313 g/mol. The number of amides is 2. The van der Waals surface area contributed by atoms with Crippen molar-refractivity contribution in [2.45, 2.75) is 39.7 Å². The number of anilines is 1. The van der Waals surface area contributed by atoms with Crippen molar-refractivity contribution in [2.75, 3.05) is 5.32 Å². The zero-order valence-electron chi connectivity index (χ0n) is 13.8. The summed E-state index contributed by atoms with van der Waals surface area (Å²) in [6, 6.07) is 8.98. The van der Waals surface area contributed by atoms with Crippen molar-refractivity contribution in [3.63, 3.8) is 0 Å². The third-order valence-corrected chi connectivity index (χ3v) is 3.58. The maximum absolute atomic E-state index is 12.2. The lowest BCUT2D eigenvalue weighted by Gasteiger charge is -2.14. The topological polar surface area (TPSA) is 71.1 Å². The molecule has 2 amide bonds. The second-order valence-electron chi connectivity index (χ2n) is 6.13. The summed E-state index contributed by atoms with van der Waals surface area (Å²) in [5, 5.41) is 6.47. The van der Waals surface area contributed by atoms with Gasteiger partial charge in [-0.15, -0.1) is 0 Å². The number of fused-ring (bicyclic) bond motifs is 1. The van der Waals surface area contributed by atoms with Gasteiger partial charge in [0.15, 0.2) is 0 Å². The Hall–Kier alpha value is -2.43. The largest absolute Gasteiger partial charge is 0.345 e. The van der Waals surface area contributed by atoms with Gasteiger partial charge in [0.2, 0.25) is 11.8 Å². The molecule has 0 radical (unpaired) electrons. The van der Waals surface area contributed by atoms with Gasteiger partial charge in [0.05, 0.1) is 17.4 Å².